The molecular weight excluding hydrogens is 448 g/mol. The first-order valence-corrected chi connectivity index (χ1v) is 11.8. The van der Waals surface area contributed by atoms with Crippen molar-refractivity contribution in [3.05, 3.63) is 19.8 Å². The van der Waals surface area contributed by atoms with Gasteiger partial charge in [-0.1, -0.05) is 11.6 Å². The molecule has 0 aliphatic carbocycles. The number of hydrogen-bond acceptors (Lipinski definition) is 5. The van der Waals surface area contributed by atoms with Crippen LogP contribution in [0.15, 0.2) is 9.85 Å². The molecule has 1 aromatic rings. The van der Waals surface area contributed by atoms with Crippen LogP contribution in [-0.4, -0.2) is 38.0 Å². The Morgan fingerprint density at radius 3 is 2.60 bits per heavy atom. The second-order valence-electron chi connectivity index (χ2n) is 7.31. The molecule has 0 bridgehead atoms. The van der Waals surface area contributed by atoms with Gasteiger partial charge in [0.1, 0.15) is 10.6 Å². The van der Waals surface area contributed by atoms with Crippen molar-refractivity contribution in [2.24, 2.45) is 5.92 Å². The van der Waals surface area contributed by atoms with Crippen LogP contribution >= 0.6 is 38.9 Å². The van der Waals surface area contributed by atoms with Crippen LogP contribution in [0.25, 0.3) is 0 Å². The molecule has 0 amide bonds. The van der Waals surface area contributed by atoms with Crippen molar-refractivity contribution >= 4 is 54.5 Å². The topological polar surface area (TPSA) is 79.2 Å². The summed E-state index contributed by atoms with van der Waals surface area (Å²) >= 11 is 11.1. The van der Waals surface area contributed by atoms with Crippen LogP contribution < -0.4 is 5.32 Å². The van der Waals surface area contributed by atoms with E-state index in [4.69, 9.17) is 21.7 Å². The van der Waals surface area contributed by atoms with Gasteiger partial charge in [-0.15, -0.1) is 11.3 Å². The Morgan fingerprint density at radius 2 is 2.08 bits per heavy atom. The van der Waals surface area contributed by atoms with Gasteiger partial charge in [0.05, 0.1) is 25.0 Å². The zero-order valence-electron chi connectivity index (χ0n) is 14.2. The highest BCUT2D eigenvalue weighted by Gasteiger charge is 2.54. The summed E-state index contributed by atoms with van der Waals surface area (Å²) in [6, 6.07) is 1.76. The average Bonchev–Trinajstić information content (AvgIpc) is 2.85. The molecule has 2 saturated heterocycles. The number of thiophene rings is 1. The van der Waals surface area contributed by atoms with Gasteiger partial charge in [0.2, 0.25) is 0 Å². The number of sulfone groups is 1. The zero-order valence-corrected chi connectivity index (χ0v) is 18.2. The standard InChI is InChI=1S/C16H22BrClN2O3S2/c1-15(13-11(18)7-12(17)24-13)9-25(21,22)16(2,14(19)20-15)8-10-3-5-23-6-4-10/h7,10H,3-6,8-9H2,1-2H3,(H2,19,20)/t15-,16-/m0/s1. The quantitative estimate of drug-likeness (QED) is 0.702. The van der Waals surface area contributed by atoms with Crippen molar-refractivity contribution in [1.29, 1.82) is 5.41 Å². The number of hydrogen-bond donors (Lipinski definition) is 2. The maximum atomic E-state index is 13.2. The van der Waals surface area contributed by atoms with Crippen LogP contribution in [0.3, 0.4) is 0 Å². The van der Waals surface area contributed by atoms with E-state index >= 15 is 0 Å². The third-order valence-corrected chi connectivity index (χ3v) is 10.3. The molecule has 0 saturated carbocycles. The Labute approximate surface area is 166 Å². The lowest BCUT2D eigenvalue weighted by atomic mass is 9.87. The molecule has 3 heterocycles. The van der Waals surface area contributed by atoms with Crippen molar-refractivity contribution < 1.29 is 13.2 Å². The van der Waals surface area contributed by atoms with Crippen LogP contribution in [0.5, 0.6) is 0 Å². The molecule has 3 rings (SSSR count). The van der Waals surface area contributed by atoms with Gasteiger partial charge < -0.3 is 10.1 Å². The second kappa shape index (κ2) is 6.78. The monoisotopic (exact) mass is 468 g/mol. The van der Waals surface area contributed by atoms with Crippen LogP contribution in [-0.2, 0) is 20.1 Å². The fourth-order valence-corrected chi connectivity index (χ4v) is 8.17. The van der Waals surface area contributed by atoms with Gasteiger partial charge >= 0.3 is 0 Å². The van der Waals surface area contributed by atoms with Gasteiger partial charge in [0, 0.05) is 13.2 Å². The fourth-order valence-electron chi connectivity index (χ4n) is 3.71. The van der Waals surface area contributed by atoms with E-state index in [1.807, 2.05) is 0 Å². The molecule has 2 atom stereocenters. The molecule has 2 fully saturated rings. The first-order chi connectivity index (χ1) is 11.6. The summed E-state index contributed by atoms with van der Waals surface area (Å²) in [7, 11) is -3.53. The van der Waals surface area contributed by atoms with E-state index < -0.39 is 20.1 Å². The van der Waals surface area contributed by atoms with Gasteiger partial charge in [-0.2, -0.15) is 0 Å². The maximum absolute atomic E-state index is 13.2. The summed E-state index contributed by atoms with van der Waals surface area (Å²) in [6.07, 6.45) is 2.15. The largest absolute Gasteiger partial charge is 0.381 e. The molecule has 1 aromatic heterocycles. The molecule has 140 valence electrons. The van der Waals surface area contributed by atoms with Gasteiger partial charge in [-0.3, -0.25) is 5.41 Å². The predicted octanol–water partition coefficient (Wildman–Crippen LogP) is 3.95. The Bertz CT molecular complexity index is 791. The summed E-state index contributed by atoms with van der Waals surface area (Å²) in [6.45, 7) is 4.81. The van der Waals surface area contributed by atoms with Crippen molar-refractivity contribution in [1.82, 2.24) is 5.32 Å². The van der Waals surface area contributed by atoms with Crippen molar-refractivity contribution in [2.75, 3.05) is 19.0 Å². The Kier molecular flexibility index (Phi) is 5.32. The van der Waals surface area contributed by atoms with Crippen LogP contribution in [0.2, 0.25) is 5.02 Å². The summed E-state index contributed by atoms with van der Waals surface area (Å²) in [5, 5.41) is 12.2. The Morgan fingerprint density at radius 1 is 1.44 bits per heavy atom. The van der Waals surface area contributed by atoms with Crippen LogP contribution in [0, 0.1) is 11.3 Å². The number of amidine groups is 1. The predicted molar refractivity (Wildman–Crippen MR) is 106 cm³/mol. The van der Waals surface area contributed by atoms with Gasteiger partial charge in [0.25, 0.3) is 0 Å². The van der Waals surface area contributed by atoms with E-state index in [-0.39, 0.29) is 17.5 Å². The Hall–Kier alpha value is -0.150. The van der Waals surface area contributed by atoms with Gasteiger partial charge in [-0.25, -0.2) is 8.42 Å². The molecule has 25 heavy (non-hydrogen) atoms. The van der Waals surface area contributed by atoms with E-state index in [9.17, 15) is 8.42 Å². The molecule has 5 nitrogen and oxygen atoms in total. The van der Waals surface area contributed by atoms with E-state index in [0.717, 1.165) is 21.5 Å². The smallest absolute Gasteiger partial charge is 0.165 e. The minimum absolute atomic E-state index is 0.0633. The van der Waals surface area contributed by atoms with Crippen LogP contribution in [0.4, 0.5) is 0 Å². The third-order valence-electron chi connectivity index (χ3n) is 5.27. The lowest BCUT2D eigenvalue weighted by Gasteiger charge is -2.45. The Balaban J connectivity index is 1.91. The molecule has 0 radical (unpaired) electrons. The second-order valence-corrected chi connectivity index (χ2v) is 12.6. The third kappa shape index (κ3) is 3.52. The SMILES string of the molecule is C[C@]1(CC2CCOCC2)C(=N)N[C@](C)(c2sc(Br)cc2Cl)CS1(=O)=O. The highest BCUT2D eigenvalue weighted by atomic mass is 79.9. The molecule has 0 aromatic carbocycles. The summed E-state index contributed by atoms with van der Waals surface area (Å²) in [5.74, 6) is 0.252. The molecule has 2 aliphatic rings. The molecule has 9 heteroatoms. The zero-order chi connectivity index (χ0) is 18.5. The highest BCUT2D eigenvalue weighted by Crippen LogP contribution is 2.44. The minimum Gasteiger partial charge on any atom is -0.381 e. The molecular formula is C16H22BrClN2O3S2. The normalized spacial score (nSPS) is 33.2. The number of nitrogens with one attached hydrogen (secondary N) is 2. The summed E-state index contributed by atoms with van der Waals surface area (Å²) < 4.78 is 31.5. The highest BCUT2D eigenvalue weighted by molar-refractivity contribution is 9.11. The maximum Gasteiger partial charge on any atom is 0.165 e. The average molecular weight is 470 g/mol. The fraction of sp³-hybridized carbons (Fsp3) is 0.688. The molecule has 2 aliphatic heterocycles. The lowest BCUT2D eigenvalue weighted by Crippen LogP contribution is -2.65. The van der Waals surface area contributed by atoms with Gasteiger partial charge in [-0.05, 0) is 61.0 Å². The number of ether oxygens (including phenoxy) is 1. The summed E-state index contributed by atoms with van der Waals surface area (Å²) in [5.41, 5.74) is -0.890. The summed E-state index contributed by atoms with van der Waals surface area (Å²) in [4.78, 5) is 0.738. The van der Waals surface area contributed by atoms with E-state index in [0.29, 0.717) is 24.7 Å². The lowest BCUT2D eigenvalue weighted by molar-refractivity contribution is 0.0623. The van der Waals surface area contributed by atoms with Crippen molar-refractivity contribution in [3.8, 4) is 0 Å². The molecule has 0 unspecified atom stereocenters. The van der Waals surface area contributed by atoms with Crippen LogP contribution in [0.1, 0.15) is 38.0 Å². The molecule has 0 spiro atoms. The number of rotatable bonds is 3. The first kappa shape index (κ1) is 19.6. The molecule has 2 N–H and O–H groups in total. The van der Waals surface area contributed by atoms with E-state index in [1.54, 1.807) is 19.9 Å². The van der Waals surface area contributed by atoms with Gasteiger partial charge in [0.15, 0.2) is 9.84 Å². The minimum atomic E-state index is -3.53. The van der Waals surface area contributed by atoms with Crippen molar-refractivity contribution in [2.45, 2.75) is 43.4 Å². The first-order valence-electron chi connectivity index (χ1n) is 8.20. The van der Waals surface area contributed by atoms with Crippen molar-refractivity contribution in [3.63, 3.8) is 0 Å². The van der Waals surface area contributed by atoms with E-state index in [1.165, 1.54) is 11.3 Å². The number of halogens is 2. The van der Waals surface area contributed by atoms with E-state index in [2.05, 4.69) is 21.2 Å².